The minimum Gasteiger partial charge on any atom is -0.496 e. The van der Waals surface area contributed by atoms with Crippen molar-refractivity contribution in [2.24, 2.45) is 0 Å². The van der Waals surface area contributed by atoms with Gasteiger partial charge in [0.15, 0.2) is 0 Å². The van der Waals surface area contributed by atoms with E-state index in [1.54, 1.807) is 6.07 Å². The molecular formula is C15H14O3. The molecule has 2 aromatic rings. The number of benzene rings is 2. The van der Waals surface area contributed by atoms with E-state index in [9.17, 15) is 4.79 Å². The highest BCUT2D eigenvalue weighted by atomic mass is 16.5. The third-order valence-corrected chi connectivity index (χ3v) is 2.65. The normalized spacial score (nSPS) is 10.1. The van der Waals surface area contributed by atoms with Gasteiger partial charge in [-0.25, -0.2) is 4.79 Å². The lowest BCUT2D eigenvalue weighted by molar-refractivity contribution is 0.0548. The molecule has 0 atom stereocenters. The molecule has 0 amide bonds. The smallest absolute Gasteiger partial charge is 0.342 e. The highest BCUT2D eigenvalue weighted by molar-refractivity contribution is 6.07. The standard InChI is InChI=1S/C15H14O3/c1-3-10-18-15(16)14-12-7-5-4-6-11(12)8-9-13(14)17-2/h3-9H,1,10H2,2H3. The highest BCUT2D eigenvalue weighted by Gasteiger charge is 2.17. The van der Waals surface area contributed by atoms with E-state index in [2.05, 4.69) is 6.58 Å². The molecule has 18 heavy (non-hydrogen) atoms. The molecule has 0 spiro atoms. The summed E-state index contributed by atoms with van der Waals surface area (Å²) in [6.45, 7) is 3.71. The molecule has 0 saturated heterocycles. The Morgan fingerprint density at radius 3 is 2.78 bits per heavy atom. The molecule has 0 aliphatic heterocycles. The molecule has 0 fully saturated rings. The van der Waals surface area contributed by atoms with Crippen LogP contribution in [-0.2, 0) is 4.74 Å². The zero-order valence-corrected chi connectivity index (χ0v) is 10.2. The molecule has 0 radical (unpaired) electrons. The van der Waals surface area contributed by atoms with E-state index in [1.807, 2.05) is 30.3 Å². The molecular weight excluding hydrogens is 228 g/mol. The number of ether oxygens (including phenoxy) is 2. The van der Waals surface area contributed by atoms with Crippen LogP contribution in [0.15, 0.2) is 49.1 Å². The number of esters is 1. The number of carbonyl (C=O) groups excluding carboxylic acids is 1. The summed E-state index contributed by atoms with van der Waals surface area (Å²) in [5, 5.41) is 1.80. The molecule has 0 unspecified atom stereocenters. The predicted molar refractivity (Wildman–Crippen MR) is 71.0 cm³/mol. The molecule has 0 aliphatic rings. The Morgan fingerprint density at radius 2 is 2.06 bits per heavy atom. The SMILES string of the molecule is C=CCOC(=O)c1c(OC)ccc2ccccc12. The number of fused-ring (bicyclic) bond motifs is 1. The van der Waals surface area contributed by atoms with Gasteiger partial charge in [-0.3, -0.25) is 0 Å². The first-order chi connectivity index (χ1) is 8.77. The van der Waals surface area contributed by atoms with Gasteiger partial charge in [-0.15, -0.1) is 0 Å². The summed E-state index contributed by atoms with van der Waals surface area (Å²) in [7, 11) is 1.54. The van der Waals surface area contributed by atoms with Gasteiger partial charge in [0.05, 0.1) is 7.11 Å². The van der Waals surface area contributed by atoms with Crippen molar-refractivity contribution in [2.75, 3.05) is 13.7 Å². The first kappa shape index (κ1) is 12.2. The summed E-state index contributed by atoms with van der Waals surface area (Å²) < 4.78 is 10.3. The van der Waals surface area contributed by atoms with Gasteiger partial charge in [-0.2, -0.15) is 0 Å². The summed E-state index contributed by atoms with van der Waals surface area (Å²) in [5.74, 6) is 0.117. The van der Waals surface area contributed by atoms with Gasteiger partial charge in [0.2, 0.25) is 0 Å². The van der Waals surface area contributed by atoms with Crippen LogP contribution in [0.25, 0.3) is 10.8 Å². The van der Waals surface area contributed by atoms with Crippen LogP contribution in [0.2, 0.25) is 0 Å². The molecule has 0 saturated carbocycles. The van der Waals surface area contributed by atoms with Crippen molar-refractivity contribution in [3.63, 3.8) is 0 Å². The van der Waals surface area contributed by atoms with Crippen molar-refractivity contribution < 1.29 is 14.3 Å². The van der Waals surface area contributed by atoms with E-state index < -0.39 is 5.97 Å². The fourth-order valence-corrected chi connectivity index (χ4v) is 1.84. The topological polar surface area (TPSA) is 35.5 Å². The summed E-state index contributed by atoms with van der Waals surface area (Å²) >= 11 is 0. The molecule has 2 aromatic carbocycles. The summed E-state index contributed by atoms with van der Waals surface area (Å²) in [6.07, 6.45) is 1.54. The molecule has 3 nitrogen and oxygen atoms in total. The maximum atomic E-state index is 12.0. The van der Waals surface area contributed by atoms with Crippen LogP contribution < -0.4 is 4.74 Å². The lowest BCUT2D eigenvalue weighted by Gasteiger charge is -2.10. The highest BCUT2D eigenvalue weighted by Crippen LogP contribution is 2.28. The lowest BCUT2D eigenvalue weighted by atomic mass is 10.0. The van der Waals surface area contributed by atoms with Crippen molar-refractivity contribution in [1.29, 1.82) is 0 Å². The largest absolute Gasteiger partial charge is 0.496 e. The number of hydrogen-bond donors (Lipinski definition) is 0. The van der Waals surface area contributed by atoms with E-state index in [0.717, 1.165) is 10.8 Å². The van der Waals surface area contributed by atoms with Crippen LogP contribution in [-0.4, -0.2) is 19.7 Å². The Hall–Kier alpha value is -2.29. The van der Waals surface area contributed by atoms with Crippen molar-refractivity contribution >= 4 is 16.7 Å². The van der Waals surface area contributed by atoms with Crippen LogP contribution in [0.4, 0.5) is 0 Å². The second-order valence-corrected chi connectivity index (χ2v) is 3.75. The average Bonchev–Trinajstić information content (AvgIpc) is 2.43. The van der Waals surface area contributed by atoms with Gasteiger partial charge in [-0.05, 0) is 16.8 Å². The molecule has 0 heterocycles. The maximum Gasteiger partial charge on any atom is 0.342 e. The Morgan fingerprint density at radius 1 is 1.28 bits per heavy atom. The van der Waals surface area contributed by atoms with E-state index in [-0.39, 0.29) is 6.61 Å². The quantitative estimate of drug-likeness (QED) is 0.610. The van der Waals surface area contributed by atoms with E-state index in [4.69, 9.17) is 9.47 Å². The number of hydrogen-bond acceptors (Lipinski definition) is 3. The van der Waals surface area contributed by atoms with Crippen molar-refractivity contribution in [2.45, 2.75) is 0 Å². The molecule has 2 rings (SSSR count). The summed E-state index contributed by atoms with van der Waals surface area (Å²) in [6, 6.07) is 11.3. The molecule has 0 aliphatic carbocycles. The molecule has 92 valence electrons. The Kier molecular flexibility index (Phi) is 3.63. The zero-order valence-electron chi connectivity index (χ0n) is 10.2. The first-order valence-electron chi connectivity index (χ1n) is 5.61. The van der Waals surface area contributed by atoms with Crippen molar-refractivity contribution in [3.05, 3.63) is 54.6 Å². The lowest BCUT2D eigenvalue weighted by Crippen LogP contribution is -2.07. The van der Waals surface area contributed by atoms with Gasteiger partial charge in [0.1, 0.15) is 17.9 Å². The number of rotatable bonds is 4. The van der Waals surface area contributed by atoms with E-state index in [0.29, 0.717) is 11.3 Å². The van der Waals surface area contributed by atoms with Gasteiger partial charge >= 0.3 is 5.97 Å². The Labute approximate surface area is 106 Å². The number of methoxy groups -OCH3 is 1. The van der Waals surface area contributed by atoms with Crippen LogP contribution in [0.5, 0.6) is 5.75 Å². The second-order valence-electron chi connectivity index (χ2n) is 3.75. The van der Waals surface area contributed by atoms with Crippen LogP contribution >= 0.6 is 0 Å². The molecule has 0 aromatic heterocycles. The maximum absolute atomic E-state index is 12.0. The van der Waals surface area contributed by atoms with Gasteiger partial charge < -0.3 is 9.47 Å². The Balaban J connectivity index is 2.57. The fourth-order valence-electron chi connectivity index (χ4n) is 1.84. The van der Waals surface area contributed by atoms with E-state index in [1.165, 1.54) is 13.2 Å². The third-order valence-electron chi connectivity index (χ3n) is 2.65. The van der Waals surface area contributed by atoms with Crippen LogP contribution in [0.3, 0.4) is 0 Å². The zero-order chi connectivity index (χ0) is 13.0. The second kappa shape index (κ2) is 5.36. The molecule has 0 N–H and O–H groups in total. The molecule has 0 bridgehead atoms. The first-order valence-corrected chi connectivity index (χ1v) is 5.61. The molecule has 3 heteroatoms. The predicted octanol–water partition coefficient (Wildman–Crippen LogP) is 3.19. The minimum absolute atomic E-state index is 0.186. The average molecular weight is 242 g/mol. The van der Waals surface area contributed by atoms with Crippen molar-refractivity contribution in [1.82, 2.24) is 0 Å². The minimum atomic E-state index is -0.399. The van der Waals surface area contributed by atoms with E-state index >= 15 is 0 Å². The van der Waals surface area contributed by atoms with Gasteiger partial charge in [0.25, 0.3) is 0 Å². The van der Waals surface area contributed by atoms with Crippen LogP contribution in [0.1, 0.15) is 10.4 Å². The fraction of sp³-hybridized carbons (Fsp3) is 0.133. The number of carbonyl (C=O) groups is 1. The monoisotopic (exact) mass is 242 g/mol. The summed E-state index contributed by atoms with van der Waals surface area (Å²) in [5.41, 5.74) is 0.456. The van der Waals surface area contributed by atoms with Crippen LogP contribution in [0, 0.1) is 0 Å². The van der Waals surface area contributed by atoms with Gasteiger partial charge in [-0.1, -0.05) is 43.0 Å². The Bertz CT molecular complexity index is 587. The third kappa shape index (κ3) is 2.20. The van der Waals surface area contributed by atoms with Gasteiger partial charge in [0, 0.05) is 0 Å². The summed E-state index contributed by atoms with van der Waals surface area (Å²) in [4.78, 5) is 12.0. The van der Waals surface area contributed by atoms with Crippen molar-refractivity contribution in [3.8, 4) is 5.75 Å².